The number of terminal acetylenes is 1. The monoisotopic (exact) mass is 149 g/mol. The summed E-state index contributed by atoms with van der Waals surface area (Å²) in [5.74, 6) is 2.01. The van der Waals surface area contributed by atoms with Crippen LogP contribution in [0.2, 0.25) is 0 Å². The van der Waals surface area contributed by atoms with E-state index < -0.39 is 5.91 Å². The van der Waals surface area contributed by atoms with Crippen molar-refractivity contribution in [3.63, 3.8) is 0 Å². The van der Waals surface area contributed by atoms with Gasteiger partial charge in [0.1, 0.15) is 5.82 Å². The molecule has 0 saturated carbocycles. The van der Waals surface area contributed by atoms with Crippen LogP contribution in [-0.4, -0.2) is 16.1 Å². The molecule has 4 heteroatoms. The third kappa shape index (κ3) is 1.58. The molecule has 0 fully saturated rings. The maximum Gasteiger partial charge on any atom is 0.301 e. The van der Waals surface area contributed by atoms with Crippen LogP contribution in [0, 0.1) is 19.3 Å². The Morgan fingerprint density at radius 2 is 2.64 bits per heavy atom. The summed E-state index contributed by atoms with van der Waals surface area (Å²) in [6.07, 6.45) is 6.45. The van der Waals surface area contributed by atoms with Gasteiger partial charge >= 0.3 is 5.91 Å². The number of aromatic amines is 1. The van der Waals surface area contributed by atoms with Gasteiger partial charge < -0.3 is 0 Å². The summed E-state index contributed by atoms with van der Waals surface area (Å²) in [5.41, 5.74) is 0.855. The van der Waals surface area contributed by atoms with Crippen LogP contribution in [0.25, 0.3) is 0 Å². The third-order valence-corrected chi connectivity index (χ3v) is 1.20. The summed E-state index contributed by atoms with van der Waals surface area (Å²) in [6.45, 7) is 1.82. The molecule has 2 N–H and O–H groups in total. The molecule has 11 heavy (non-hydrogen) atoms. The minimum Gasteiger partial charge on any atom is -0.300 e. The van der Waals surface area contributed by atoms with Crippen molar-refractivity contribution in [2.45, 2.75) is 6.92 Å². The predicted octanol–water partition coefficient (Wildman–Crippen LogP) is 0.290. The molecule has 1 amide bonds. The highest BCUT2D eigenvalue weighted by Gasteiger charge is 2.01. The molecule has 1 aromatic heterocycles. The van der Waals surface area contributed by atoms with Gasteiger partial charge in [-0.2, -0.15) is 5.10 Å². The molecule has 0 aliphatic rings. The van der Waals surface area contributed by atoms with Crippen LogP contribution in [-0.2, 0) is 4.79 Å². The SMILES string of the molecule is C#CC(=O)Nc1[nH]ncc1C. The Morgan fingerprint density at radius 3 is 3.09 bits per heavy atom. The van der Waals surface area contributed by atoms with Crippen molar-refractivity contribution in [3.05, 3.63) is 11.8 Å². The van der Waals surface area contributed by atoms with Crippen molar-refractivity contribution in [2.24, 2.45) is 0 Å². The Balaban J connectivity index is 2.73. The van der Waals surface area contributed by atoms with E-state index in [2.05, 4.69) is 15.5 Å². The number of hydrogen-bond donors (Lipinski definition) is 2. The van der Waals surface area contributed by atoms with Crippen molar-refractivity contribution in [1.29, 1.82) is 0 Å². The van der Waals surface area contributed by atoms with Gasteiger partial charge in [0.25, 0.3) is 0 Å². The van der Waals surface area contributed by atoms with Gasteiger partial charge in [-0.3, -0.25) is 15.2 Å². The summed E-state index contributed by atoms with van der Waals surface area (Å²) >= 11 is 0. The van der Waals surface area contributed by atoms with E-state index in [1.54, 1.807) is 6.20 Å². The van der Waals surface area contributed by atoms with Gasteiger partial charge in [-0.1, -0.05) is 0 Å². The molecule has 1 aromatic rings. The van der Waals surface area contributed by atoms with Gasteiger partial charge in [0.2, 0.25) is 0 Å². The van der Waals surface area contributed by atoms with Crippen LogP contribution in [0.4, 0.5) is 5.82 Å². The Bertz CT molecular complexity index is 308. The molecule has 0 spiro atoms. The van der Waals surface area contributed by atoms with E-state index in [1.807, 2.05) is 12.8 Å². The van der Waals surface area contributed by atoms with E-state index in [0.29, 0.717) is 5.82 Å². The van der Waals surface area contributed by atoms with Gasteiger partial charge in [-0.15, -0.1) is 6.42 Å². The highest BCUT2D eigenvalue weighted by molar-refractivity contribution is 6.03. The lowest BCUT2D eigenvalue weighted by Crippen LogP contribution is -2.09. The van der Waals surface area contributed by atoms with E-state index in [4.69, 9.17) is 6.42 Å². The standard InChI is InChI=1S/C7H7N3O/c1-3-6(11)9-7-5(2)4-8-10-7/h1,4H,2H3,(H2,8,9,10,11). The first-order chi connectivity index (χ1) is 5.24. The Hall–Kier alpha value is -1.76. The fraction of sp³-hybridized carbons (Fsp3) is 0.143. The van der Waals surface area contributed by atoms with Gasteiger partial charge in [-0.25, -0.2) is 0 Å². The highest BCUT2D eigenvalue weighted by atomic mass is 16.1. The number of carbonyl (C=O) groups excluding carboxylic acids is 1. The molecule has 4 nitrogen and oxygen atoms in total. The molecule has 0 atom stereocenters. The summed E-state index contributed by atoms with van der Waals surface area (Å²) < 4.78 is 0. The van der Waals surface area contributed by atoms with Crippen LogP contribution < -0.4 is 5.32 Å². The van der Waals surface area contributed by atoms with Crippen LogP contribution in [0.5, 0.6) is 0 Å². The topological polar surface area (TPSA) is 57.8 Å². The average Bonchev–Trinajstić information content (AvgIpc) is 2.37. The molecular formula is C7H7N3O. The number of H-pyrrole nitrogens is 1. The predicted molar refractivity (Wildman–Crippen MR) is 40.8 cm³/mol. The second kappa shape index (κ2) is 2.88. The second-order valence-electron chi connectivity index (χ2n) is 2.03. The van der Waals surface area contributed by atoms with Crippen molar-refractivity contribution < 1.29 is 4.79 Å². The number of nitrogens with zero attached hydrogens (tertiary/aromatic N) is 1. The summed E-state index contributed by atoms with van der Waals surface area (Å²) in [7, 11) is 0. The maximum atomic E-state index is 10.6. The lowest BCUT2D eigenvalue weighted by molar-refractivity contribution is -0.111. The van der Waals surface area contributed by atoms with Crippen LogP contribution in [0.15, 0.2) is 6.20 Å². The first kappa shape index (κ1) is 7.35. The fourth-order valence-electron chi connectivity index (χ4n) is 0.623. The molecule has 0 unspecified atom stereocenters. The normalized spacial score (nSPS) is 8.73. The summed E-state index contributed by atoms with van der Waals surface area (Å²) in [5, 5.41) is 8.74. The molecule has 0 bridgehead atoms. The number of anilines is 1. The summed E-state index contributed by atoms with van der Waals surface area (Å²) in [4.78, 5) is 10.6. The number of hydrogen-bond acceptors (Lipinski definition) is 2. The molecule has 0 aliphatic carbocycles. The molecule has 0 aliphatic heterocycles. The number of aromatic nitrogens is 2. The van der Waals surface area contributed by atoms with Gasteiger partial charge in [0.05, 0.1) is 6.20 Å². The van der Waals surface area contributed by atoms with Crippen LogP contribution >= 0.6 is 0 Å². The van der Waals surface area contributed by atoms with E-state index in [1.165, 1.54) is 0 Å². The first-order valence-corrected chi connectivity index (χ1v) is 3.01. The summed E-state index contributed by atoms with van der Waals surface area (Å²) in [6, 6.07) is 0. The number of nitrogens with one attached hydrogen (secondary N) is 2. The quantitative estimate of drug-likeness (QED) is 0.564. The molecule has 1 heterocycles. The minimum atomic E-state index is -0.475. The minimum absolute atomic E-state index is 0.475. The zero-order valence-corrected chi connectivity index (χ0v) is 6.01. The van der Waals surface area contributed by atoms with Gasteiger partial charge in [0, 0.05) is 5.56 Å². The van der Waals surface area contributed by atoms with Gasteiger partial charge in [0.15, 0.2) is 0 Å². The molecule has 0 aromatic carbocycles. The second-order valence-corrected chi connectivity index (χ2v) is 2.03. The van der Waals surface area contributed by atoms with Gasteiger partial charge in [-0.05, 0) is 12.8 Å². The van der Waals surface area contributed by atoms with E-state index in [9.17, 15) is 4.79 Å². The average molecular weight is 149 g/mol. The Kier molecular flexibility index (Phi) is 1.93. The van der Waals surface area contributed by atoms with Crippen molar-refractivity contribution in [1.82, 2.24) is 10.2 Å². The number of rotatable bonds is 1. The number of carbonyl (C=O) groups is 1. The van der Waals surface area contributed by atoms with E-state index >= 15 is 0 Å². The van der Waals surface area contributed by atoms with E-state index in [-0.39, 0.29) is 0 Å². The number of amides is 1. The zero-order valence-electron chi connectivity index (χ0n) is 6.01. The first-order valence-electron chi connectivity index (χ1n) is 3.01. The smallest absolute Gasteiger partial charge is 0.300 e. The van der Waals surface area contributed by atoms with Crippen molar-refractivity contribution >= 4 is 11.7 Å². The number of aryl methyl sites for hydroxylation is 1. The zero-order chi connectivity index (χ0) is 8.27. The largest absolute Gasteiger partial charge is 0.301 e. The fourth-order valence-corrected chi connectivity index (χ4v) is 0.623. The Morgan fingerprint density at radius 1 is 1.91 bits per heavy atom. The molecule has 0 saturated heterocycles. The Labute approximate surface area is 64.0 Å². The molecular weight excluding hydrogens is 142 g/mol. The highest BCUT2D eigenvalue weighted by Crippen LogP contribution is 2.07. The third-order valence-electron chi connectivity index (χ3n) is 1.20. The van der Waals surface area contributed by atoms with Crippen molar-refractivity contribution in [2.75, 3.05) is 5.32 Å². The lowest BCUT2D eigenvalue weighted by Gasteiger charge is -1.95. The molecule has 1 rings (SSSR count). The van der Waals surface area contributed by atoms with Crippen molar-refractivity contribution in [3.8, 4) is 12.3 Å². The van der Waals surface area contributed by atoms with Crippen LogP contribution in [0.3, 0.4) is 0 Å². The maximum absolute atomic E-state index is 10.6. The van der Waals surface area contributed by atoms with Crippen LogP contribution in [0.1, 0.15) is 5.56 Å². The molecule has 0 radical (unpaired) electrons. The molecule has 56 valence electrons. The van der Waals surface area contributed by atoms with E-state index in [0.717, 1.165) is 5.56 Å². The lowest BCUT2D eigenvalue weighted by atomic mass is 10.4.